The number of benzene rings is 1. The molecule has 19 heavy (non-hydrogen) atoms. The van der Waals surface area contributed by atoms with E-state index in [-0.39, 0.29) is 36.3 Å². The van der Waals surface area contributed by atoms with E-state index in [2.05, 4.69) is 5.32 Å². The Morgan fingerprint density at radius 2 is 2.21 bits per heavy atom. The van der Waals surface area contributed by atoms with Gasteiger partial charge in [0.1, 0.15) is 11.6 Å². The normalized spacial score (nSPS) is 18.9. The average Bonchev–Trinajstić information content (AvgIpc) is 2.33. The van der Waals surface area contributed by atoms with Crippen LogP contribution in [0.15, 0.2) is 18.2 Å². The summed E-state index contributed by atoms with van der Waals surface area (Å²) < 4.78 is 26.2. The van der Waals surface area contributed by atoms with Crippen molar-refractivity contribution in [2.75, 3.05) is 19.6 Å². The van der Waals surface area contributed by atoms with Crippen LogP contribution in [0.25, 0.3) is 0 Å². The van der Waals surface area contributed by atoms with Crippen molar-refractivity contribution in [1.82, 2.24) is 10.2 Å². The summed E-state index contributed by atoms with van der Waals surface area (Å²) in [4.78, 5) is 13.8. The summed E-state index contributed by atoms with van der Waals surface area (Å²) in [7, 11) is 0. The maximum Gasteiger partial charge on any atom is 0.227 e. The maximum atomic E-state index is 13.5. The fraction of sp³-hybridized carbons (Fsp3) is 0.462. The minimum Gasteiger partial charge on any atom is -0.337 e. The Bertz CT molecular complexity index is 456. The number of amides is 1. The summed E-state index contributed by atoms with van der Waals surface area (Å²) in [5.41, 5.74) is 0.243. The number of rotatable bonds is 2. The molecule has 0 radical (unpaired) electrons. The molecular weight excluding hydrogens is 274 g/mol. The quantitative estimate of drug-likeness (QED) is 0.900. The first-order chi connectivity index (χ1) is 8.58. The van der Waals surface area contributed by atoms with E-state index in [1.54, 1.807) is 4.90 Å². The summed E-state index contributed by atoms with van der Waals surface area (Å²) in [6.07, 6.45) is -0.0174. The van der Waals surface area contributed by atoms with Crippen molar-refractivity contribution in [1.29, 1.82) is 0 Å². The van der Waals surface area contributed by atoms with Crippen LogP contribution in [0.2, 0.25) is 0 Å². The van der Waals surface area contributed by atoms with Crippen LogP contribution in [0, 0.1) is 11.6 Å². The number of hydrogen-bond acceptors (Lipinski definition) is 2. The zero-order chi connectivity index (χ0) is 13.1. The molecule has 1 fully saturated rings. The summed E-state index contributed by atoms with van der Waals surface area (Å²) in [5.74, 6) is -1.40. The van der Waals surface area contributed by atoms with E-state index < -0.39 is 11.6 Å². The largest absolute Gasteiger partial charge is 0.337 e. The molecule has 3 nitrogen and oxygen atoms in total. The first-order valence-electron chi connectivity index (χ1n) is 6.02. The van der Waals surface area contributed by atoms with Gasteiger partial charge in [-0.2, -0.15) is 0 Å². The predicted octanol–water partition coefficient (Wildman–Crippen LogP) is 1.75. The van der Waals surface area contributed by atoms with Gasteiger partial charge in [-0.3, -0.25) is 4.79 Å². The third-order valence-electron chi connectivity index (χ3n) is 3.18. The van der Waals surface area contributed by atoms with Crippen LogP contribution in [0.5, 0.6) is 0 Å². The Hall–Kier alpha value is -1.20. The topological polar surface area (TPSA) is 32.3 Å². The monoisotopic (exact) mass is 290 g/mol. The van der Waals surface area contributed by atoms with Gasteiger partial charge in [-0.15, -0.1) is 12.4 Å². The van der Waals surface area contributed by atoms with Crippen molar-refractivity contribution in [3.05, 3.63) is 35.4 Å². The van der Waals surface area contributed by atoms with Crippen LogP contribution >= 0.6 is 12.4 Å². The Morgan fingerprint density at radius 1 is 1.47 bits per heavy atom. The minimum atomic E-state index is -0.661. The van der Waals surface area contributed by atoms with Crippen LogP contribution < -0.4 is 5.32 Å². The lowest BCUT2D eigenvalue weighted by atomic mass is 10.1. The fourth-order valence-corrected chi connectivity index (χ4v) is 2.14. The van der Waals surface area contributed by atoms with Gasteiger partial charge in [0.2, 0.25) is 5.91 Å². The molecule has 1 saturated heterocycles. The van der Waals surface area contributed by atoms with E-state index >= 15 is 0 Å². The Balaban J connectivity index is 0.00000180. The van der Waals surface area contributed by atoms with Crippen molar-refractivity contribution >= 4 is 18.3 Å². The van der Waals surface area contributed by atoms with Crippen LogP contribution in [-0.4, -0.2) is 36.5 Å². The molecule has 0 aromatic heterocycles. The lowest BCUT2D eigenvalue weighted by Crippen LogP contribution is -2.52. The van der Waals surface area contributed by atoms with Crippen molar-refractivity contribution in [3.63, 3.8) is 0 Å². The van der Waals surface area contributed by atoms with Gasteiger partial charge in [-0.1, -0.05) is 6.07 Å². The number of carbonyl (C=O) groups excluding carboxylic acids is 1. The van der Waals surface area contributed by atoms with Crippen LogP contribution in [0.3, 0.4) is 0 Å². The van der Waals surface area contributed by atoms with E-state index in [9.17, 15) is 13.6 Å². The van der Waals surface area contributed by atoms with Crippen molar-refractivity contribution < 1.29 is 13.6 Å². The summed E-state index contributed by atoms with van der Waals surface area (Å²) in [6.45, 7) is 4.08. The molecule has 1 heterocycles. The molecule has 106 valence electrons. The lowest BCUT2D eigenvalue weighted by molar-refractivity contribution is -0.133. The van der Waals surface area contributed by atoms with Crippen molar-refractivity contribution in [3.8, 4) is 0 Å². The first-order valence-corrected chi connectivity index (χ1v) is 6.02. The van der Waals surface area contributed by atoms with Gasteiger partial charge in [-0.05, 0) is 18.6 Å². The van der Waals surface area contributed by atoms with E-state index in [4.69, 9.17) is 0 Å². The molecular formula is C13H17ClF2N2O. The molecule has 1 N–H and O–H groups in total. The second-order valence-electron chi connectivity index (χ2n) is 4.55. The second kappa shape index (κ2) is 6.82. The Labute approximate surface area is 117 Å². The number of hydrogen-bond donors (Lipinski definition) is 1. The van der Waals surface area contributed by atoms with E-state index in [0.29, 0.717) is 6.54 Å². The number of nitrogens with one attached hydrogen (secondary N) is 1. The highest BCUT2D eigenvalue weighted by atomic mass is 35.5. The summed E-state index contributed by atoms with van der Waals surface area (Å²) in [6, 6.07) is 3.42. The number of nitrogens with zero attached hydrogens (tertiary/aromatic N) is 1. The molecule has 0 spiro atoms. The van der Waals surface area contributed by atoms with E-state index in [1.807, 2.05) is 6.92 Å². The van der Waals surface area contributed by atoms with Gasteiger partial charge in [0.15, 0.2) is 0 Å². The van der Waals surface area contributed by atoms with Crippen LogP contribution in [-0.2, 0) is 11.2 Å². The predicted molar refractivity (Wildman–Crippen MR) is 71.4 cm³/mol. The number of halogens is 3. The minimum absolute atomic E-state index is 0. The number of piperazine rings is 1. The van der Waals surface area contributed by atoms with Gasteiger partial charge in [0, 0.05) is 31.7 Å². The van der Waals surface area contributed by atoms with Crippen LogP contribution in [0.4, 0.5) is 8.78 Å². The molecule has 6 heteroatoms. The molecule has 0 bridgehead atoms. The zero-order valence-electron chi connectivity index (χ0n) is 10.7. The molecule has 1 aliphatic heterocycles. The molecule has 0 saturated carbocycles. The van der Waals surface area contributed by atoms with Gasteiger partial charge in [0.25, 0.3) is 0 Å². The van der Waals surface area contributed by atoms with Gasteiger partial charge in [0.05, 0.1) is 6.42 Å². The van der Waals surface area contributed by atoms with E-state index in [0.717, 1.165) is 19.2 Å². The molecule has 0 unspecified atom stereocenters. The van der Waals surface area contributed by atoms with Crippen molar-refractivity contribution in [2.45, 2.75) is 19.4 Å². The highest BCUT2D eigenvalue weighted by Gasteiger charge is 2.23. The third-order valence-corrected chi connectivity index (χ3v) is 3.18. The fourth-order valence-electron chi connectivity index (χ4n) is 2.14. The molecule has 1 aromatic carbocycles. The molecule has 1 atom stereocenters. The lowest BCUT2D eigenvalue weighted by Gasteiger charge is -2.34. The molecule has 1 aromatic rings. The molecule has 1 aliphatic rings. The van der Waals surface area contributed by atoms with Crippen molar-refractivity contribution in [2.24, 2.45) is 0 Å². The SMILES string of the molecule is C[C@H]1CNCCN1C(=O)Cc1ccc(F)cc1F.Cl. The maximum absolute atomic E-state index is 13.5. The van der Waals surface area contributed by atoms with Crippen LogP contribution in [0.1, 0.15) is 12.5 Å². The molecule has 1 amide bonds. The zero-order valence-corrected chi connectivity index (χ0v) is 11.5. The highest BCUT2D eigenvalue weighted by Crippen LogP contribution is 2.13. The standard InChI is InChI=1S/C13H16F2N2O.ClH/c1-9-8-16-4-5-17(9)13(18)6-10-2-3-11(14)7-12(10)15;/h2-3,7,9,16H,4-6,8H2,1H3;1H/t9-;/m0./s1. The average molecular weight is 291 g/mol. The second-order valence-corrected chi connectivity index (χ2v) is 4.55. The summed E-state index contributed by atoms with van der Waals surface area (Å²) >= 11 is 0. The molecule has 2 rings (SSSR count). The first kappa shape index (κ1) is 15.9. The summed E-state index contributed by atoms with van der Waals surface area (Å²) in [5, 5.41) is 3.18. The van der Waals surface area contributed by atoms with Gasteiger partial charge in [-0.25, -0.2) is 8.78 Å². The molecule has 0 aliphatic carbocycles. The van der Waals surface area contributed by atoms with Gasteiger partial charge >= 0.3 is 0 Å². The smallest absolute Gasteiger partial charge is 0.227 e. The van der Waals surface area contributed by atoms with Gasteiger partial charge < -0.3 is 10.2 Å². The Kier molecular flexibility index (Phi) is 5.69. The number of carbonyl (C=O) groups is 1. The van der Waals surface area contributed by atoms with E-state index in [1.165, 1.54) is 12.1 Å². The third kappa shape index (κ3) is 3.88. The Morgan fingerprint density at radius 3 is 2.84 bits per heavy atom. The highest BCUT2D eigenvalue weighted by molar-refractivity contribution is 5.85.